The maximum absolute atomic E-state index is 13.3. The van der Waals surface area contributed by atoms with Crippen LogP contribution in [-0.2, 0) is 4.79 Å². The largest absolute Gasteiger partial charge is 0.354 e. The van der Waals surface area contributed by atoms with E-state index in [1.54, 1.807) is 0 Å². The first kappa shape index (κ1) is 12.5. The molecule has 1 aliphatic rings. The second-order valence-corrected chi connectivity index (χ2v) is 4.11. The Morgan fingerprint density at radius 2 is 2.00 bits per heavy atom. The molecule has 0 bridgehead atoms. The molecule has 1 aromatic rings. The van der Waals surface area contributed by atoms with Crippen LogP contribution in [0.2, 0.25) is 0 Å². The van der Waals surface area contributed by atoms with Crippen LogP contribution in [0.15, 0.2) is 18.2 Å². The summed E-state index contributed by atoms with van der Waals surface area (Å²) in [5, 5.41) is 5.08. The zero-order chi connectivity index (χ0) is 13.1. The van der Waals surface area contributed by atoms with Crippen molar-refractivity contribution in [2.45, 2.75) is 18.9 Å². The van der Waals surface area contributed by atoms with Gasteiger partial charge in [-0.25, -0.2) is 8.78 Å². The van der Waals surface area contributed by atoms with Gasteiger partial charge in [-0.05, 0) is 18.6 Å². The molecule has 0 spiro atoms. The molecule has 1 aliphatic heterocycles. The van der Waals surface area contributed by atoms with Crippen molar-refractivity contribution in [3.05, 3.63) is 35.4 Å². The van der Waals surface area contributed by atoms with Crippen LogP contribution in [0.3, 0.4) is 0 Å². The third-order valence-corrected chi connectivity index (χ3v) is 2.79. The molecular weight excluding hydrogens is 242 g/mol. The molecule has 2 amide bonds. The van der Waals surface area contributed by atoms with Crippen molar-refractivity contribution in [1.82, 2.24) is 10.6 Å². The van der Waals surface area contributed by atoms with Gasteiger partial charge in [0.25, 0.3) is 5.91 Å². The van der Waals surface area contributed by atoms with Gasteiger partial charge < -0.3 is 10.6 Å². The van der Waals surface area contributed by atoms with Crippen LogP contribution in [0, 0.1) is 11.6 Å². The fourth-order valence-electron chi connectivity index (χ4n) is 1.83. The highest BCUT2D eigenvalue weighted by Crippen LogP contribution is 2.13. The Hall–Kier alpha value is -1.98. The van der Waals surface area contributed by atoms with Crippen molar-refractivity contribution in [3.8, 4) is 0 Å². The fourth-order valence-corrected chi connectivity index (χ4v) is 1.83. The minimum atomic E-state index is -0.896. The van der Waals surface area contributed by atoms with E-state index in [1.807, 2.05) is 0 Å². The van der Waals surface area contributed by atoms with Crippen LogP contribution < -0.4 is 10.6 Å². The molecule has 0 aliphatic carbocycles. The summed E-state index contributed by atoms with van der Waals surface area (Å²) in [6.07, 6.45) is 0.762. The Kier molecular flexibility index (Phi) is 3.55. The highest BCUT2D eigenvalue weighted by molar-refractivity contribution is 5.95. The molecule has 4 nitrogen and oxygen atoms in total. The van der Waals surface area contributed by atoms with Crippen LogP contribution in [0.25, 0.3) is 0 Å². The maximum atomic E-state index is 13.3. The molecular formula is C12H12F2N2O2. The molecule has 0 radical (unpaired) electrons. The molecule has 2 rings (SSSR count). The Balaban J connectivity index is 2.06. The summed E-state index contributed by atoms with van der Waals surface area (Å²) < 4.78 is 26.7. The highest BCUT2D eigenvalue weighted by Gasteiger charge is 2.23. The summed E-state index contributed by atoms with van der Waals surface area (Å²) in [6.45, 7) is 0.278. The summed E-state index contributed by atoms with van der Waals surface area (Å²) in [5.74, 6) is -2.68. The highest BCUT2D eigenvalue weighted by atomic mass is 19.1. The molecule has 1 aromatic carbocycles. The molecule has 6 heteroatoms. The van der Waals surface area contributed by atoms with Crippen molar-refractivity contribution < 1.29 is 18.4 Å². The standard InChI is InChI=1S/C12H12F2N2O2/c13-8-2-1-3-9(14)11(8)12(18)16-7-4-5-10(17)15-6-7/h1-3,7H,4-6H2,(H,15,17)(H,16,18). The van der Waals surface area contributed by atoms with Gasteiger partial charge in [0.05, 0.1) is 0 Å². The molecule has 1 unspecified atom stereocenters. The number of nitrogens with one attached hydrogen (secondary N) is 2. The molecule has 1 saturated heterocycles. The average Bonchev–Trinajstić information content (AvgIpc) is 2.32. The summed E-state index contributed by atoms with van der Waals surface area (Å²) in [6, 6.07) is 2.96. The first-order valence-corrected chi connectivity index (χ1v) is 5.59. The first-order valence-electron chi connectivity index (χ1n) is 5.59. The van der Waals surface area contributed by atoms with Gasteiger partial charge in [-0.2, -0.15) is 0 Å². The number of carbonyl (C=O) groups is 2. The number of hydrogen-bond donors (Lipinski definition) is 2. The van der Waals surface area contributed by atoms with Gasteiger partial charge in [-0.1, -0.05) is 6.07 Å². The minimum Gasteiger partial charge on any atom is -0.354 e. The number of carbonyl (C=O) groups excluding carboxylic acids is 2. The van der Waals surface area contributed by atoms with Gasteiger partial charge in [0, 0.05) is 19.0 Å². The van der Waals surface area contributed by atoms with Crippen molar-refractivity contribution in [2.75, 3.05) is 6.54 Å². The zero-order valence-corrected chi connectivity index (χ0v) is 9.50. The second-order valence-electron chi connectivity index (χ2n) is 4.11. The Morgan fingerprint density at radius 1 is 1.33 bits per heavy atom. The van der Waals surface area contributed by atoms with Crippen molar-refractivity contribution in [3.63, 3.8) is 0 Å². The van der Waals surface area contributed by atoms with Gasteiger partial charge in [0.1, 0.15) is 17.2 Å². The molecule has 0 aromatic heterocycles. The Morgan fingerprint density at radius 3 is 2.56 bits per heavy atom. The van der Waals surface area contributed by atoms with Crippen LogP contribution in [-0.4, -0.2) is 24.4 Å². The molecule has 1 heterocycles. The molecule has 1 fully saturated rings. The number of rotatable bonds is 2. The third kappa shape index (κ3) is 2.64. The molecule has 1 atom stereocenters. The number of piperidine rings is 1. The predicted molar refractivity (Wildman–Crippen MR) is 59.9 cm³/mol. The molecule has 96 valence electrons. The van der Waals surface area contributed by atoms with E-state index in [4.69, 9.17) is 0 Å². The average molecular weight is 254 g/mol. The lowest BCUT2D eigenvalue weighted by Gasteiger charge is -2.23. The number of amides is 2. The third-order valence-electron chi connectivity index (χ3n) is 2.79. The van der Waals surface area contributed by atoms with Crippen molar-refractivity contribution in [1.29, 1.82) is 0 Å². The zero-order valence-electron chi connectivity index (χ0n) is 9.50. The lowest BCUT2D eigenvalue weighted by molar-refractivity contribution is -0.122. The summed E-state index contributed by atoms with van der Waals surface area (Å²) in [4.78, 5) is 22.7. The van der Waals surface area contributed by atoms with E-state index in [0.717, 1.165) is 12.1 Å². The second kappa shape index (κ2) is 5.12. The number of benzene rings is 1. The van der Waals surface area contributed by atoms with Gasteiger partial charge in [-0.15, -0.1) is 0 Å². The smallest absolute Gasteiger partial charge is 0.257 e. The van der Waals surface area contributed by atoms with E-state index in [9.17, 15) is 18.4 Å². The SMILES string of the molecule is O=C1CCC(NC(=O)c2c(F)cccc2F)CN1. The fraction of sp³-hybridized carbons (Fsp3) is 0.333. The Bertz CT molecular complexity index is 461. The lowest BCUT2D eigenvalue weighted by Crippen LogP contribution is -2.48. The summed E-state index contributed by atoms with van der Waals surface area (Å²) in [5.41, 5.74) is -0.589. The predicted octanol–water partition coefficient (Wildman–Crippen LogP) is 0.973. The van der Waals surface area contributed by atoms with E-state index < -0.39 is 23.1 Å². The van der Waals surface area contributed by atoms with Crippen molar-refractivity contribution in [2.24, 2.45) is 0 Å². The van der Waals surface area contributed by atoms with E-state index >= 15 is 0 Å². The molecule has 18 heavy (non-hydrogen) atoms. The maximum Gasteiger partial charge on any atom is 0.257 e. The van der Waals surface area contributed by atoms with Gasteiger partial charge >= 0.3 is 0 Å². The van der Waals surface area contributed by atoms with Gasteiger partial charge in [-0.3, -0.25) is 9.59 Å². The molecule has 0 saturated carbocycles. The van der Waals surface area contributed by atoms with Crippen molar-refractivity contribution >= 4 is 11.8 Å². The number of hydrogen-bond acceptors (Lipinski definition) is 2. The van der Waals surface area contributed by atoms with E-state index in [1.165, 1.54) is 6.07 Å². The van der Waals surface area contributed by atoms with E-state index in [-0.39, 0.29) is 18.5 Å². The monoisotopic (exact) mass is 254 g/mol. The summed E-state index contributed by atoms with van der Waals surface area (Å²) in [7, 11) is 0. The van der Waals surface area contributed by atoms with E-state index in [2.05, 4.69) is 10.6 Å². The quantitative estimate of drug-likeness (QED) is 0.826. The van der Waals surface area contributed by atoms with Gasteiger partial charge in [0.2, 0.25) is 5.91 Å². The summed E-state index contributed by atoms with van der Waals surface area (Å²) >= 11 is 0. The lowest BCUT2D eigenvalue weighted by atomic mass is 10.1. The van der Waals surface area contributed by atoms with Crippen LogP contribution in [0.1, 0.15) is 23.2 Å². The van der Waals surface area contributed by atoms with E-state index in [0.29, 0.717) is 12.8 Å². The minimum absolute atomic E-state index is 0.0856. The van der Waals surface area contributed by atoms with Crippen LogP contribution in [0.4, 0.5) is 8.78 Å². The van der Waals surface area contributed by atoms with Gasteiger partial charge in [0.15, 0.2) is 0 Å². The number of halogens is 2. The normalized spacial score (nSPS) is 19.2. The molecule has 2 N–H and O–H groups in total. The topological polar surface area (TPSA) is 58.2 Å². The Labute approximate surface area is 102 Å². The van der Waals surface area contributed by atoms with Crippen LogP contribution in [0.5, 0.6) is 0 Å². The van der Waals surface area contributed by atoms with Crippen LogP contribution >= 0.6 is 0 Å². The first-order chi connectivity index (χ1) is 8.58.